The van der Waals surface area contributed by atoms with Gasteiger partial charge in [-0.1, -0.05) is 26.3 Å². The highest BCUT2D eigenvalue weighted by Crippen LogP contribution is 2.28. The Morgan fingerprint density at radius 1 is 1.12 bits per heavy atom. The Bertz CT molecular complexity index is 705. The molecule has 0 heterocycles. The van der Waals surface area contributed by atoms with E-state index in [1.54, 1.807) is 18.2 Å². The van der Waals surface area contributed by atoms with Crippen molar-refractivity contribution < 1.29 is 13.2 Å². The fourth-order valence-electron chi connectivity index (χ4n) is 3.49. The fraction of sp³-hybridized carbons (Fsp3) is 0.632. The number of benzene rings is 1. The molecule has 0 saturated heterocycles. The lowest BCUT2D eigenvalue weighted by molar-refractivity contribution is -0.122. The van der Waals surface area contributed by atoms with Gasteiger partial charge in [-0.25, -0.2) is 13.1 Å². The van der Waals surface area contributed by atoms with E-state index >= 15 is 0 Å². The van der Waals surface area contributed by atoms with Crippen LogP contribution in [-0.2, 0) is 14.8 Å². The zero-order valence-corrected chi connectivity index (χ0v) is 16.4. The Hall–Kier alpha value is -1.40. The maximum atomic E-state index is 12.3. The van der Waals surface area contributed by atoms with E-state index in [1.807, 2.05) is 13.8 Å². The van der Waals surface area contributed by atoms with Crippen LogP contribution in [0.1, 0.15) is 50.7 Å². The van der Waals surface area contributed by atoms with Crippen molar-refractivity contribution in [3.8, 4) is 0 Å². The second-order valence-electron chi connectivity index (χ2n) is 7.37. The third-order valence-corrected chi connectivity index (χ3v) is 6.76. The molecule has 1 fully saturated rings. The van der Waals surface area contributed by atoms with Gasteiger partial charge in [0.25, 0.3) is 0 Å². The Morgan fingerprint density at radius 3 is 2.36 bits per heavy atom. The normalized spacial score (nSPS) is 24.1. The molecule has 0 spiro atoms. The molecular weight excluding hydrogens is 336 g/mol. The predicted molar refractivity (Wildman–Crippen MR) is 99.8 cm³/mol. The Morgan fingerprint density at radius 2 is 1.76 bits per heavy atom. The van der Waals surface area contributed by atoms with Gasteiger partial charge >= 0.3 is 0 Å². The van der Waals surface area contributed by atoms with E-state index in [-0.39, 0.29) is 29.8 Å². The molecule has 1 aromatic carbocycles. The summed E-state index contributed by atoms with van der Waals surface area (Å²) in [6.45, 7) is 8.27. The van der Waals surface area contributed by atoms with Crippen LogP contribution in [0.5, 0.6) is 0 Å². The highest BCUT2D eigenvalue weighted by molar-refractivity contribution is 7.89. The summed E-state index contributed by atoms with van der Waals surface area (Å²) in [5.74, 6) is 0.855. The number of aryl methyl sites for hydroxylation is 2. The fourth-order valence-corrected chi connectivity index (χ4v) is 4.60. The van der Waals surface area contributed by atoms with Gasteiger partial charge in [0.15, 0.2) is 0 Å². The molecule has 2 rings (SSSR count). The van der Waals surface area contributed by atoms with Crippen molar-refractivity contribution >= 4 is 15.9 Å². The van der Waals surface area contributed by atoms with Crippen molar-refractivity contribution in [3.63, 3.8) is 0 Å². The summed E-state index contributed by atoms with van der Waals surface area (Å²) in [6.07, 6.45) is 3.63. The molecule has 5 nitrogen and oxygen atoms in total. The van der Waals surface area contributed by atoms with Gasteiger partial charge in [0.2, 0.25) is 15.9 Å². The summed E-state index contributed by atoms with van der Waals surface area (Å²) in [6, 6.07) is 5.24. The molecule has 0 bridgehead atoms. The molecule has 0 aromatic heterocycles. The maximum Gasteiger partial charge on any atom is 0.240 e. The Kier molecular flexibility index (Phi) is 6.63. The number of amides is 1. The molecule has 2 unspecified atom stereocenters. The van der Waals surface area contributed by atoms with Crippen LogP contribution in [0.4, 0.5) is 0 Å². The highest BCUT2D eigenvalue weighted by Gasteiger charge is 2.28. The van der Waals surface area contributed by atoms with Crippen molar-refractivity contribution in [3.05, 3.63) is 29.3 Å². The molecule has 1 aliphatic rings. The molecule has 1 saturated carbocycles. The average molecular weight is 367 g/mol. The van der Waals surface area contributed by atoms with Crippen LogP contribution in [0.25, 0.3) is 0 Å². The number of rotatable bonds is 6. The molecule has 2 atom stereocenters. The van der Waals surface area contributed by atoms with Crippen LogP contribution < -0.4 is 10.0 Å². The second kappa shape index (κ2) is 8.32. The summed E-state index contributed by atoms with van der Waals surface area (Å²) >= 11 is 0. The lowest BCUT2D eigenvalue weighted by atomic mass is 9.78. The van der Waals surface area contributed by atoms with Gasteiger partial charge in [0.1, 0.15) is 0 Å². The molecule has 0 aliphatic heterocycles. The van der Waals surface area contributed by atoms with E-state index in [2.05, 4.69) is 23.9 Å². The van der Waals surface area contributed by atoms with Gasteiger partial charge in [0.05, 0.1) is 4.90 Å². The summed E-state index contributed by atoms with van der Waals surface area (Å²) in [5.41, 5.74) is 1.98. The molecule has 140 valence electrons. The Balaban J connectivity index is 1.86. The van der Waals surface area contributed by atoms with Crippen LogP contribution >= 0.6 is 0 Å². The first-order valence-corrected chi connectivity index (χ1v) is 10.6. The third kappa shape index (κ3) is 5.28. The first kappa shape index (κ1) is 19.9. The third-order valence-electron chi connectivity index (χ3n) is 5.31. The monoisotopic (exact) mass is 366 g/mol. The summed E-state index contributed by atoms with van der Waals surface area (Å²) < 4.78 is 27.2. The standard InChI is InChI=1S/C19H30N2O3S/c1-13-8-9-17(12-16(13)4)25(23,24)20-11-10-18(22)21-19-14(2)6-5-7-15(19)3/h8-9,12,14-15,19-20H,5-7,10-11H2,1-4H3,(H,21,22). The van der Waals surface area contributed by atoms with Crippen molar-refractivity contribution in [2.45, 2.75) is 64.3 Å². The summed E-state index contributed by atoms with van der Waals surface area (Å²) in [5, 5.41) is 3.09. The van der Waals surface area contributed by atoms with Crippen LogP contribution in [0.15, 0.2) is 23.1 Å². The Labute approximate surface area is 151 Å². The second-order valence-corrected chi connectivity index (χ2v) is 9.14. The summed E-state index contributed by atoms with van der Waals surface area (Å²) in [7, 11) is -3.58. The number of carbonyl (C=O) groups is 1. The SMILES string of the molecule is Cc1ccc(S(=O)(=O)NCCC(=O)NC2C(C)CCCC2C)cc1C. The molecular formula is C19H30N2O3S. The smallest absolute Gasteiger partial charge is 0.240 e. The number of carbonyl (C=O) groups excluding carboxylic acids is 1. The van der Waals surface area contributed by atoms with Gasteiger partial charge in [-0.05, 0) is 61.8 Å². The van der Waals surface area contributed by atoms with Crippen molar-refractivity contribution in [2.24, 2.45) is 11.8 Å². The minimum Gasteiger partial charge on any atom is -0.353 e. The molecule has 2 N–H and O–H groups in total. The molecule has 25 heavy (non-hydrogen) atoms. The number of hydrogen-bond acceptors (Lipinski definition) is 3. The largest absolute Gasteiger partial charge is 0.353 e. The molecule has 6 heteroatoms. The highest BCUT2D eigenvalue weighted by atomic mass is 32.2. The topological polar surface area (TPSA) is 75.3 Å². The summed E-state index contributed by atoms with van der Waals surface area (Å²) in [4.78, 5) is 12.4. The van der Waals surface area contributed by atoms with Crippen LogP contribution in [0, 0.1) is 25.7 Å². The van der Waals surface area contributed by atoms with Gasteiger partial charge in [0, 0.05) is 19.0 Å². The van der Waals surface area contributed by atoms with Gasteiger partial charge in [-0.2, -0.15) is 0 Å². The molecule has 1 aliphatic carbocycles. The van der Waals surface area contributed by atoms with Gasteiger partial charge in [-0.3, -0.25) is 4.79 Å². The average Bonchev–Trinajstić information content (AvgIpc) is 2.53. The van der Waals surface area contributed by atoms with Gasteiger partial charge < -0.3 is 5.32 Å². The van der Waals surface area contributed by atoms with E-state index in [4.69, 9.17) is 0 Å². The first-order chi connectivity index (χ1) is 11.7. The lowest BCUT2D eigenvalue weighted by Crippen LogP contribution is -2.46. The first-order valence-electron chi connectivity index (χ1n) is 9.07. The van der Waals surface area contributed by atoms with Crippen LogP contribution in [0.2, 0.25) is 0 Å². The molecule has 0 radical (unpaired) electrons. The van der Waals surface area contributed by atoms with Crippen molar-refractivity contribution in [2.75, 3.05) is 6.54 Å². The van der Waals surface area contributed by atoms with E-state index in [1.165, 1.54) is 6.42 Å². The van der Waals surface area contributed by atoms with Crippen molar-refractivity contribution in [1.82, 2.24) is 10.0 Å². The predicted octanol–water partition coefficient (Wildman–Crippen LogP) is 2.91. The lowest BCUT2D eigenvalue weighted by Gasteiger charge is -2.35. The zero-order valence-electron chi connectivity index (χ0n) is 15.6. The van der Waals surface area contributed by atoms with Crippen molar-refractivity contribution in [1.29, 1.82) is 0 Å². The quantitative estimate of drug-likeness (QED) is 0.813. The van der Waals surface area contributed by atoms with Crippen LogP contribution in [0.3, 0.4) is 0 Å². The number of nitrogens with one attached hydrogen (secondary N) is 2. The minimum atomic E-state index is -3.58. The number of sulfonamides is 1. The van der Waals surface area contributed by atoms with E-state index in [0.717, 1.165) is 24.0 Å². The van der Waals surface area contributed by atoms with E-state index < -0.39 is 10.0 Å². The minimum absolute atomic E-state index is 0.0895. The van der Waals surface area contributed by atoms with E-state index in [9.17, 15) is 13.2 Å². The van der Waals surface area contributed by atoms with E-state index in [0.29, 0.717) is 11.8 Å². The number of hydrogen-bond donors (Lipinski definition) is 2. The molecule has 1 aromatic rings. The zero-order chi connectivity index (χ0) is 18.6. The van der Waals surface area contributed by atoms with Crippen LogP contribution in [-0.4, -0.2) is 26.9 Å². The molecule has 1 amide bonds. The van der Waals surface area contributed by atoms with Gasteiger partial charge in [-0.15, -0.1) is 0 Å². The maximum absolute atomic E-state index is 12.3.